The lowest BCUT2D eigenvalue weighted by Gasteiger charge is -2.08. The van der Waals surface area contributed by atoms with E-state index in [0.717, 1.165) is 10.6 Å². The zero-order valence-corrected chi connectivity index (χ0v) is 12.3. The van der Waals surface area contributed by atoms with Gasteiger partial charge >= 0.3 is 0 Å². The van der Waals surface area contributed by atoms with Gasteiger partial charge in [0.25, 0.3) is 5.91 Å². The van der Waals surface area contributed by atoms with Crippen LogP contribution < -0.4 is 15.8 Å². The Labute approximate surface area is 121 Å². The Balaban J connectivity index is 2.07. The van der Waals surface area contributed by atoms with E-state index in [-0.39, 0.29) is 5.91 Å². The van der Waals surface area contributed by atoms with Crippen LogP contribution >= 0.6 is 11.3 Å². The molecule has 1 heterocycles. The predicted molar refractivity (Wildman–Crippen MR) is 80.0 cm³/mol. The van der Waals surface area contributed by atoms with E-state index in [4.69, 9.17) is 10.5 Å². The summed E-state index contributed by atoms with van der Waals surface area (Å²) >= 11 is 1.53. The molecule has 0 aliphatic rings. The van der Waals surface area contributed by atoms with Crippen LogP contribution in [0.5, 0.6) is 5.75 Å². The number of hydrogen-bond acceptors (Lipinski definition) is 5. The summed E-state index contributed by atoms with van der Waals surface area (Å²) in [6, 6.07) is 5.03. The van der Waals surface area contributed by atoms with Crippen LogP contribution in [0.4, 0.5) is 5.69 Å². The molecule has 2 rings (SSSR count). The molecule has 5 nitrogen and oxygen atoms in total. The fraction of sp³-hybridized carbons (Fsp3) is 0.286. The standard InChI is InChI=1S/C14H17N3O2S/c1-3-19-12-5-10(4-11(15)6-12)14(18)16-7-13-9(2)17-8-20-13/h4-6,8H,3,7,15H2,1-2H3,(H,16,18). The Bertz CT molecular complexity index is 610. The molecule has 0 saturated carbocycles. The lowest BCUT2D eigenvalue weighted by atomic mass is 10.1. The minimum Gasteiger partial charge on any atom is -0.494 e. The van der Waals surface area contributed by atoms with Crippen LogP contribution in [0.15, 0.2) is 23.7 Å². The van der Waals surface area contributed by atoms with Crippen molar-refractivity contribution in [2.45, 2.75) is 20.4 Å². The van der Waals surface area contributed by atoms with Gasteiger partial charge in [-0.25, -0.2) is 4.98 Å². The van der Waals surface area contributed by atoms with E-state index in [1.54, 1.807) is 23.7 Å². The van der Waals surface area contributed by atoms with E-state index in [1.807, 2.05) is 13.8 Å². The molecular formula is C14H17N3O2S. The van der Waals surface area contributed by atoms with Crippen LogP contribution in [0.1, 0.15) is 27.9 Å². The zero-order chi connectivity index (χ0) is 14.5. The molecule has 0 unspecified atom stereocenters. The number of ether oxygens (including phenoxy) is 1. The lowest BCUT2D eigenvalue weighted by molar-refractivity contribution is 0.0951. The van der Waals surface area contributed by atoms with Crippen LogP contribution in [-0.4, -0.2) is 17.5 Å². The van der Waals surface area contributed by atoms with Gasteiger partial charge in [-0.1, -0.05) is 0 Å². The Morgan fingerprint density at radius 3 is 2.90 bits per heavy atom. The van der Waals surface area contributed by atoms with Gasteiger partial charge in [-0.3, -0.25) is 4.79 Å². The van der Waals surface area contributed by atoms with Crippen molar-refractivity contribution in [1.29, 1.82) is 0 Å². The van der Waals surface area contributed by atoms with E-state index >= 15 is 0 Å². The summed E-state index contributed by atoms with van der Waals surface area (Å²) in [5.74, 6) is 0.428. The summed E-state index contributed by atoms with van der Waals surface area (Å²) < 4.78 is 5.38. The molecule has 0 radical (unpaired) electrons. The number of nitrogens with two attached hydrogens (primary N) is 1. The SMILES string of the molecule is CCOc1cc(N)cc(C(=O)NCc2scnc2C)c1. The van der Waals surface area contributed by atoms with E-state index in [0.29, 0.717) is 30.2 Å². The first kappa shape index (κ1) is 14.3. The van der Waals surface area contributed by atoms with E-state index in [1.165, 1.54) is 11.3 Å². The second-order valence-corrected chi connectivity index (χ2v) is 5.21. The minimum atomic E-state index is -0.175. The number of thiazole rings is 1. The monoisotopic (exact) mass is 291 g/mol. The molecule has 1 amide bonds. The zero-order valence-electron chi connectivity index (χ0n) is 11.5. The van der Waals surface area contributed by atoms with Gasteiger partial charge in [0.2, 0.25) is 0 Å². The van der Waals surface area contributed by atoms with E-state index < -0.39 is 0 Å². The van der Waals surface area contributed by atoms with E-state index in [2.05, 4.69) is 10.3 Å². The van der Waals surface area contributed by atoms with Crippen molar-refractivity contribution in [1.82, 2.24) is 10.3 Å². The number of anilines is 1. The number of nitrogens with one attached hydrogen (secondary N) is 1. The van der Waals surface area contributed by atoms with Crippen LogP contribution in [0.25, 0.3) is 0 Å². The highest BCUT2D eigenvalue weighted by Crippen LogP contribution is 2.19. The van der Waals surface area contributed by atoms with Crippen molar-refractivity contribution in [3.63, 3.8) is 0 Å². The maximum absolute atomic E-state index is 12.1. The molecule has 106 valence electrons. The molecule has 1 aromatic heterocycles. The van der Waals surface area contributed by atoms with Crippen LogP contribution in [-0.2, 0) is 6.54 Å². The third kappa shape index (κ3) is 3.48. The fourth-order valence-electron chi connectivity index (χ4n) is 1.76. The molecule has 1 aromatic carbocycles. The predicted octanol–water partition coefficient (Wildman–Crippen LogP) is 2.36. The molecule has 0 aliphatic heterocycles. The van der Waals surface area contributed by atoms with Gasteiger partial charge in [0.15, 0.2) is 0 Å². The summed E-state index contributed by atoms with van der Waals surface area (Å²) in [5.41, 5.74) is 9.49. The van der Waals surface area contributed by atoms with Crippen molar-refractivity contribution >= 4 is 22.9 Å². The molecule has 0 bridgehead atoms. The number of rotatable bonds is 5. The molecule has 6 heteroatoms. The van der Waals surface area contributed by atoms with Crippen molar-refractivity contribution in [2.24, 2.45) is 0 Å². The quantitative estimate of drug-likeness (QED) is 0.829. The summed E-state index contributed by atoms with van der Waals surface area (Å²) in [7, 11) is 0. The average molecular weight is 291 g/mol. The number of aryl methyl sites for hydroxylation is 1. The van der Waals surface area contributed by atoms with Crippen molar-refractivity contribution in [2.75, 3.05) is 12.3 Å². The molecule has 0 spiro atoms. The van der Waals surface area contributed by atoms with Gasteiger partial charge in [-0.2, -0.15) is 0 Å². The summed E-state index contributed by atoms with van der Waals surface area (Å²) in [6.45, 7) is 4.81. The first-order chi connectivity index (χ1) is 9.60. The number of amides is 1. The molecule has 0 atom stereocenters. The van der Waals surface area contributed by atoms with Gasteiger partial charge in [0.1, 0.15) is 5.75 Å². The van der Waals surface area contributed by atoms with Crippen molar-refractivity contribution in [3.8, 4) is 5.75 Å². The number of nitrogen functional groups attached to an aromatic ring is 1. The number of carbonyl (C=O) groups excluding carboxylic acids is 1. The van der Waals surface area contributed by atoms with Crippen LogP contribution in [0.3, 0.4) is 0 Å². The minimum absolute atomic E-state index is 0.175. The average Bonchev–Trinajstić information content (AvgIpc) is 2.81. The second kappa shape index (κ2) is 6.38. The molecule has 0 saturated heterocycles. The molecular weight excluding hydrogens is 274 g/mol. The highest BCUT2D eigenvalue weighted by Gasteiger charge is 2.10. The van der Waals surface area contributed by atoms with Gasteiger partial charge in [-0.05, 0) is 26.0 Å². The van der Waals surface area contributed by atoms with Gasteiger partial charge in [-0.15, -0.1) is 11.3 Å². The Morgan fingerprint density at radius 1 is 1.45 bits per heavy atom. The Kier molecular flexibility index (Phi) is 4.57. The smallest absolute Gasteiger partial charge is 0.251 e. The van der Waals surface area contributed by atoms with Gasteiger partial charge < -0.3 is 15.8 Å². The third-order valence-corrected chi connectivity index (χ3v) is 3.69. The fourth-order valence-corrected chi connectivity index (χ4v) is 2.48. The van der Waals surface area contributed by atoms with Crippen LogP contribution in [0.2, 0.25) is 0 Å². The lowest BCUT2D eigenvalue weighted by Crippen LogP contribution is -2.22. The summed E-state index contributed by atoms with van der Waals surface area (Å²) in [5, 5.41) is 2.86. The first-order valence-corrected chi connectivity index (χ1v) is 7.18. The molecule has 2 aromatic rings. The highest BCUT2D eigenvalue weighted by molar-refractivity contribution is 7.09. The van der Waals surface area contributed by atoms with Crippen LogP contribution in [0, 0.1) is 6.92 Å². The maximum Gasteiger partial charge on any atom is 0.251 e. The highest BCUT2D eigenvalue weighted by atomic mass is 32.1. The molecule has 0 fully saturated rings. The summed E-state index contributed by atoms with van der Waals surface area (Å²) in [6.07, 6.45) is 0. The number of carbonyl (C=O) groups is 1. The first-order valence-electron chi connectivity index (χ1n) is 6.30. The number of aromatic nitrogens is 1. The van der Waals surface area contributed by atoms with Gasteiger partial charge in [0, 0.05) is 22.2 Å². The molecule has 0 aliphatic carbocycles. The second-order valence-electron chi connectivity index (χ2n) is 4.27. The summed E-state index contributed by atoms with van der Waals surface area (Å²) in [4.78, 5) is 17.3. The Morgan fingerprint density at radius 2 is 2.25 bits per heavy atom. The third-order valence-electron chi connectivity index (χ3n) is 2.76. The Hall–Kier alpha value is -2.08. The van der Waals surface area contributed by atoms with Gasteiger partial charge in [0.05, 0.1) is 24.4 Å². The number of nitrogens with zero attached hydrogens (tertiary/aromatic N) is 1. The topological polar surface area (TPSA) is 77.2 Å². The number of benzene rings is 1. The van der Waals surface area contributed by atoms with Crippen molar-refractivity contribution < 1.29 is 9.53 Å². The molecule has 20 heavy (non-hydrogen) atoms. The number of hydrogen-bond donors (Lipinski definition) is 2. The normalized spacial score (nSPS) is 10.3. The maximum atomic E-state index is 12.1. The van der Waals surface area contributed by atoms with Crippen molar-refractivity contribution in [3.05, 3.63) is 39.8 Å². The molecule has 3 N–H and O–H groups in total. The largest absolute Gasteiger partial charge is 0.494 e. The van der Waals surface area contributed by atoms with E-state index in [9.17, 15) is 4.79 Å².